The Morgan fingerprint density at radius 3 is 2.93 bits per heavy atom. The predicted octanol–water partition coefficient (Wildman–Crippen LogP) is 3.65. The molecule has 3 aromatic rings. The highest BCUT2D eigenvalue weighted by Gasteiger charge is 2.22. The molecular formula is C16H14ClN5O4S. The van der Waals surface area contributed by atoms with E-state index in [2.05, 4.69) is 20.3 Å². The van der Waals surface area contributed by atoms with Crippen molar-refractivity contribution in [2.24, 2.45) is 0 Å². The number of hydrogen-bond donors (Lipinski definition) is 2. The van der Waals surface area contributed by atoms with Crippen LogP contribution in [0.4, 0.5) is 11.4 Å². The van der Waals surface area contributed by atoms with Gasteiger partial charge in [-0.25, -0.2) is 9.97 Å². The number of nitro benzene ring substituents is 1. The van der Waals surface area contributed by atoms with Gasteiger partial charge in [0.05, 0.1) is 33.9 Å². The second kappa shape index (κ2) is 7.80. The van der Waals surface area contributed by atoms with Gasteiger partial charge in [0.2, 0.25) is 5.91 Å². The molecule has 2 heterocycles. The highest BCUT2D eigenvalue weighted by Crippen LogP contribution is 2.30. The van der Waals surface area contributed by atoms with Crippen LogP contribution in [0.2, 0.25) is 5.02 Å². The van der Waals surface area contributed by atoms with E-state index in [9.17, 15) is 14.9 Å². The fourth-order valence-corrected chi connectivity index (χ4v) is 3.23. The maximum absolute atomic E-state index is 12.5. The molecule has 2 aromatic heterocycles. The van der Waals surface area contributed by atoms with Gasteiger partial charge in [-0.2, -0.15) is 0 Å². The molecule has 2 N–H and O–H groups in total. The number of ether oxygens (including phenoxy) is 1. The van der Waals surface area contributed by atoms with Crippen molar-refractivity contribution in [2.75, 3.05) is 12.4 Å². The number of nitrogens with zero attached hydrogens (tertiary/aromatic N) is 3. The Labute approximate surface area is 162 Å². The zero-order chi connectivity index (χ0) is 19.6. The molecule has 0 aliphatic carbocycles. The number of nitrogens with one attached hydrogen (secondary N) is 2. The van der Waals surface area contributed by atoms with E-state index in [-0.39, 0.29) is 11.4 Å². The van der Waals surface area contributed by atoms with Crippen LogP contribution in [0, 0.1) is 10.1 Å². The Morgan fingerprint density at radius 1 is 1.44 bits per heavy atom. The van der Waals surface area contributed by atoms with Gasteiger partial charge in [-0.3, -0.25) is 14.9 Å². The second-order valence-corrected chi connectivity index (χ2v) is 7.22. The van der Waals surface area contributed by atoms with Crippen molar-refractivity contribution >= 4 is 51.8 Å². The molecule has 1 aromatic carbocycles. The number of imidazole rings is 1. The Hall–Kier alpha value is -2.85. The fraction of sp³-hybridized carbons (Fsp3) is 0.188. The van der Waals surface area contributed by atoms with Crippen molar-refractivity contribution in [1.82, 2.24) is 15.0 Å². The van der Waals surface area contributed by atoms with E-state index in [4.69, 9.17) is 16.3 Å². The number of H-pyrrole nitrogens is 1. The monoisotopic (exact) mass is 407 g/mol. The minimum absolute atomic E-state index is 0.0938. The second-order valence-electron chi connectivity index (χ2n) is 5.46. The number of rotatable bonds is 6. The maximum atomic E-state index is 12.5. The molecule has 9 nitrogen and oxygen atoms in total. The summed E-state index contributed by atoms with van der Waals surface area (Å²) < 4.78 is 4.98. The lowest BCUT2D eigenvalue weighted by Crippen LogP contribution is -2.23. The number of amides is 1. The number of benzene rings is 1. The smallest absolute Gasteiger partial charge is 0.296 e. The fourth-order valence-electron chi connectivity index (χ4n) is 2.26. The molecule has 1 atom stereocenters. The highest BCUT2D eigenvalue weighted by molar-refractivity contribution is 8.00. The van der Waals surface area contributed by atoms with Gasteiger partial charge in [-0.15, -0.1) is 0 Å². The van der Waals surface area contributed by atoms with Crippen molar-refractivity contribution < 1.29 is 14.5 Å². The molecule has 0 spiro atoms. The van der Waals surface area contributed by atoms with Gasteiger partial charge in [-0.1, -0.05) is 23.4 Å². The zero-order valence-corrected chi connectivity index (χ0v) is 15.8. The van der Waals surface area contributed by atoms with Crippen LogP contribution in [0.15, 0.2) is 35.6 Å². The number of aromatic amines is 1. The summed E-state index contributed by atoms with van der Waals surface area (Å²) in [7, 11) is 1.41. The molecule has 1 amide bonds. The normalized spacial score (nSPS) is 12.0. The molecule has 0 unspecified atom stereocenters. The summed E-state index contributed by atoms with van der Waals surface area (Å²) in [6.07, 6.45) is 1.48. The zero-order valence-electron chi connectivity index (χ0n) is 14.2. The van der Waals surface area contributed by atoms with Crippen LogP contribution in [0.25, 0.3) is 11.2 Å². The van der Waals surface area contributed by atoms with Gasteiger partial charge in [0, 0.05) is 6.20 Å². The van der Waals surface area contributed by atoms with E-state index in [0.29, 0.717) is 27.1 Å². The minimum atomic E-state index is -0.579. The summed E-state index contributed by atoms with van der Waals surface area (Å²) in [5, 5.41) is 14.2. The number of halogens is 1. The van der Waals surface area contributed by atoms with E-state index >= 15 is 0 Å². The standard InChI is InChI=1S/C16H14ClN5O4S/c1-8(27-16-20-12-5-9(17)7-18-14(12)21-16)15(23)19-11-4-3-10(26-2)6-13(11)22(24)25/h3-8H,1-2H3,(H,19,23)(H,18,20,21)/t8-/m1/s1. The number of nitro groups is 1. The van der Waals surface area contributed by atoms with Crippen LogP contribution < -0.4 is 10.1 Å². The first-order valence-corrected chi connectivity index (χ1v) is 8.94. The topological polar surface area (TPSA) is 123 Å². The number of anilines is 1. The van der Waals surface area contributed by atoms with E-state index < -0.39 is 16.1 Å². The van der Waals surface area contributed by atoms with Crippen molar-refractivity contribution in [2.45, 2.75) is 17.3 Å². The number of aromatic nitrogens is 3. The molecule has 0 aliphatic rings. The maximum Gasteiger partial charge on any atom is 0.296 e. The Bertz CT molecular complexity index is 1030. The van der Waals surface area contributed by atoms with Crippen molar-refractivity contribution in [3.8, 4) is 5.75 Å². The predicted molar refractivity (Wildman–Crippen MR) is 102 cm³/mol. The summed E-state index contributed by atoms with van der Waals surface area (Å²) in [4.78, 5) is 34.5. The van der Waals surface area contributed by atoms with Crippen molar-refractivity contribution in [3.63, 3.8) is 0 Å². The molecular weight excluding hydrogens is 394 g/mol. The van der Waals surface area contributed by atoms with E-state index in [0.717, 1.165) is 0 Å². The van der Waals surface area contributed by atoms with E-state index in [1.165, 1.54) is 43.3 Å². The Balaban J connectivity index is 1.74. The first kappa shape index (κ1) is 18.9. The third-order valence-corrected chi connectivity index (χ3v) is 4.79. The quantitative estimate of drug-likeness (QED) is 0.363. The lowest BCUT2D eigenvalue weighted by molar-refractivity contribution is -0.384. The lowest BCUT2D eigenvalue weighted by atomic mass is 10.2. The third-order valence-electron chi connectivity index (χ3n) is 3.60. The largest absolute Gasteiger partial charge is 0.496 e. The highest BCUT2D eigenvalue weighted by atomic mass is 35.5. The summed E-state index contributed by atoms with van der Waals surface area (Å²) >= 11 is 7.06. The number of thioether (sulfide) groups is 1. The Morgan fingerprint density at radius 2 is 2.22 bits per heavy atom. The summed E-state index contributed by atoms with van der Waals surface area (Å²) in [6.45, 7) is 1.67. The van der Waals surface area contributed by atoms with E-state index in [1.807, 2.05) is 0 Å². The number of methoxy groups -OCH3 is 1. The van der Waals surface area contributed by atoms with Gasteiger partial charge in [0.1, 0.15) is 11.4 Å². The van der Waals surface area contributed by atoms with Gasteiger partial charge in [0.15, 0.2) is 10.8 Å². The van der Waals surface area contributed by atoms with Crippen molar-refractivity contribution in [3.05, 3.63) is 45.6 Å². The average Bonchev–Trinajstić information content (AvgIpc) is 3.02. The lowest BCUT2D eigenvalue weighted by Gasteiger charge is -2.11. The minimum Gasteiger partial charge on any atom is -0.496 e. The van der Waals surface area contributed by atoms with E-state index in [1.54, 1.807) is 13.0 Å². The first-order valence-electron chi connectivity index (χ1n) is 7.68. The number of carbonyl (C=O) groups excluding carboxylic acids is 1. The molecule has 0 fully saturated rings. The molecule has 0 bridgehead atoms. The van der Waals surface area contributed by atoms with Crippen LogP contribution in [0.5, 0.6) is 5.75 Å². The van der Waals surface area contributed by atoms with Crippen LogP contribution in [-0.2, 0) is 4.79 Å². The molecule has 0 aliphatic heterocycles. The molecule has 27 heavy (non-hydrogen) atoms. The number of carbonyl (C=O) groups is 1. The molecule has 11 heteroatoms. The molecule has 140 valence electrons. The van der Waals surface area contributed by atoms with Gasteiger partial charge in [-0.05, 0) is 25.1 Å². The Kier molecular flexibility index (Phi) is 5.47. The molecule has 0 radical (unpaired) electrons. The summed E-state index contributed by atoms with van der Waals surface area (Å²) in [6, 6.07) is 5.91. The number of hydrogen-bond acceptors (Lipinski definition) is 7. The van der Waals surface area contributed by atoms with Crippen LogP contribution in [0.3, 0.4) is 0 Å². The SMILES string of the molecule is COc1ccc(NC(=O)[C@@H](C)Sc2nc3ncc(Cl)cc3[nH]2)c([N+](=O)[O-])c1. The average molecular weight is 408 g/mol. The summed E-state index contributed by atoms with van der Waals surface area (Å²) in [5.74, 6) is -0.0738. The first-order chi connectivity index (χ1) is 12.9. The molecule has 3 rings (SSSR count). The number of fused-ring (bicyclic) bond motifs is 1. The van der Waals surface area contributed by atoms with Gasteiger partial charge < -0.3 is 15.0 Å². The van der Waals surface area contributed by atoms with Crippen molar-refractivity contribution in [1.29, 1.82) is 0 Å². The van der Waals surface area contributed by atoms with Gasteiger partial charge in [0.25, 0.3) is 5.69 Å². The van der Waals surface area contributed by atoms with Gasteiger partial charge >= 0.3 is 0 Å². The molecule has 0 saturated carbocycles. The molecule has 0 saturated heterocycles. The third kappa shape index (κ3) is 4.29. The van der Waals surface area contributed by atoms with Crippen LogP contribution in [-0.4, -0.2) is 38.1 Å². The van der Waals surface area contributed by atoms with Crippen LogP contribution >= 0.6 is 23.4 Å². The van der Waals surface area contributed by atoms with Crippen LogP contribution in [0.1, 0.15) is 6.92 Å². The number of pyridine rings is 1. The summed E-state index contributed by atoms with van der Waals surface area (Å²) in [5.41, 5.74) is 0.988.